The number of quaternary nitrogens is 1. The molecule has 0 heterocycles. The third-order valence-corrected chi connectivity index (χ3v) is 9.97. The first-order chi connectivity index (χ1) is 23.0. The molecule has 0 radical (unpaired) electrons. The van der Waals surface area contributed by atoms with Gasteiger partial charge in [0.25, 0.3) is 0 Å². The maximum absolute atomic E-state index is 12.6. The maximum Gasteiger partial charge on any atom is 0.472 e. The van der Waals surface area contributed by atoms with Crippen molar-refractivity contribution in [3.05, 3.63) is 12.2 Å². The highest BCUT2D eigenvalue weighted by atomic mass is 31.2. The van der Waals surface area contributed by atoms with Gasteiger partial charge in [-0.05, 0) is 12.8 Å². The van der Waals surface area contributed by atoms with Gasteiger partial charge in [0.05, 0.1) is 39.9 Å². The summed E-state index contributed by atoms with van der Waals surface area (Å²) in [4.78, 5) is 22.7. The van der Waals surface area contributed by atoms with Gasteiger partial charge in [-0.2, -0.15) is 0 Å². The van der Waals surface area contributed by atoms with Gasteiger partial charge in [0, 0.05) is 6.42 Å². The van der Waals surface area contributed by atoms with Gasteiger partial charge in [-0.1, -0.05) is 174 Å². The number of nitrogens with zero attached hydrogens (tertiary/aromatic N) is 1. The Hall–Kier alpha value is -0.760. The van der Waals surface area contributed by atoms with Crippen molar-refractivity contribution in [3.8, 4) is 0 Å². The van der Waals surface area contributed by atoms with Crippen molar-refractivity contribution in [3.63, 3.8) is 0 Å². The number of carbonyl (C=O) groups excluding carboxylic acids is 1. The van der Waals surface area contributed by atoms with Crippen LogP contribution in [0, 0.1) is 0 Å². The lowest BCUT2D eigenvalue weighted by molar-refractivity contribution is -0.870. The number of unbranched alkanes of at least 4 members (excludes halogenated alkanes) is 23. The Morgan fingerprint density at radius 3 is 1.50 bits per heavy atom. The van der Waals surface area contributed by atoms with Gasteiger partial charge in [0.2, 0.25) is 5.91 Å². The van der Waals surface area contributed by atoms with Crippen LogP contribution in [0.25, 0.3) is 0 Å². The summed E-state index contributed by atoms with van der Waals surface area (Å²) in [5.74, 6) is -0.186. The first-order valence-electron chi connectivity index (χ1n) is 20.1. The third kappa shape index (κ3) is 33.7. The predicted octanol–water partition coefficient (Wildman–Crippen LogP) is 10.4. The number of phosphoric ester groups is 1. The van der Waals surface area contributed by atoms with Gasteiger partial charge >= 0.3 is 7.82 Å². The highest BCUT2D eigenvalue weighted by Gasteiger charge is 2.27. The molecule has 3 unspecified atom stereocenters. The van der Waals surface area contributed by atoms with Crippen molar-refractivity contribution < 1.29 is 32.9 Å². The van der Waals surface area contributed by atoms with E-state index in [1.807, 2.05) is 34.1 Å². The van der Waals surface area contributed by atoms with E-state index in [0.29, 0.717) is 17.4 Å². The maximum atomic E-state index is 12.6. The van der Waals surface area contributed by atoms with E-state index in [9.17, 15) is 19.4 Å². The number of carbonyl (C=O) groups is 1. The van der Waals surface area contributed by atoms with Crippen LogP contribution < -0.4 is 5.32 Å². The molecular weight excluding hydrogens is 623 g/mol. The molecule has 3 atom stereocenters. The third-order valence-electron chi connectivity index (χ3n) is 8.99. The van der Waals surface area contributed by atoms with Gasteiger partial charge in [0.1, 0.15) is 13.2 Å². The van der Waals surface area contributed by atoms with Crippen LogP contribution in [0.1, 0.15) is 181 Å². The van der Waals surface area contributed by atoms with Gasteiger partial charge in [0.15, 0.2) is 0 Å². The second-order valence-electron chi connectivity index (χ2n) is 15.0. The molecule has 0 saturated carbocycles. The Morgan fingerprint density at radius 2 is 1.10 bits per heavy atom. The summed E-state index contributed by atoms with van der Waals surface area (Å²) in [7, 11) is 1.57. The molecule has 0 fully saturated rings. The number of aliphatic hydroxyl groups excluding tert-OH is 1. The quantitative estimate of drug-likeness (QED) is 0.0260. The summed E-state index contributed by atoms with van der Waals surface area (Å²) >= 11 is 0. The SMILES string of the molecule is CCC/C=C/C(O)C(COP(=O)(O)OCC[N+](C)(C)C)NC(=O)CCCCCCCCCCCCCCCCCCCCCCCCC. The fourth-order valence-corrected chi connectivity index (χ4v) is 6.49. The summed E-state index contributed by atoms with van der Waals surface area (Å²) in [5, 5.41) is 13.4. The second kappa shape index (κ2) is 32.2. The van der Waals surface area contributed by atoms with E-state index in [2.05, 4.69) is 12.2 Å². The predicted molar refractivity (Wildman–Crippen MR) is 203 cm³/mol. The molecule has 0 spiro atoms. The first-order valence-corrected chi connectivity index (χ1v) is 21.6. The summed E-state index contributed by atoms with van der Waals surface area (Å²) < 4.78 is 23.2. The van der Waals surface area contributed by atoms with Crippen LogP contribution in [0.15, 0.2) is 12.2 Å². The number of likely N-dealkylation sites (N-methyl/N-ethyl adjacent to an activating group) is 1. The van der Waals surface area contributed by atoms with E-state index < -0.39 is 20.0 Å². The molecule has 0 saturated heterocycles. The Balaban J connectivity index is 3.90. The van der Waals surface area contributed by atoms with Crippen molar-refractivity contribution in [2.75, 3.05) is 40.9 Å². The monoisotopic (exact) mass is 704 g/mol. The average Bonchev–Trinajstić information content (AvgIpc) is 3.02. The van der Waals surface area contributed by atoms with E-state index in [4.69, 9.17) is 9.05 Å². The molecule has 9 heteroatoms. The summed E-state index contributed by atoms with van der Waals surface area (Å²) in [6.07, 6.45) is 35.2. The minimum atomic E-state index is -4.30. The van der Waals surface area contributed by atoms with E-state index >= 15 is 0 Å². The lowest BCUT2D eigenvalue weighted by Gasteiger charge is -2.25. The Bertz CT molecular complexity index is 804. The summed E-state index contributed by atoms with van der Waals surface area (Å²) in [5.41, 5.74) is 0. The lowest BCUT2D eigenvalue weighted by atomic mass is 10.0. The summed E-state index contributed by atoms with van der Waals surface area (Å²) in [6.45, 7) is 4.61. The number of aliphatic hydroxyl groups is 1. The Labute approximate surface area is 297 Å². The largest absolute Gasteiger partial charge is 0.472 e. The zero-order valence-corrected chi connectivity index (χ0v) is 33.1. The molecule has 1 amide bonds. The van der Waals surface area contributed by atoms with Crippen molar-refractivity contribution in [2.24, 2.45) is 0 Å². The molecule has 3 N–H and O–H groups in total. The number of nitrogens with one attached hydrogen (secondary N) is 1. The highest BCUT2D eigenvalue weighted by Crippen LogP contribution is 2.43. The molecule has 0 rings (SSSR count). The van der Waals surface area contributed by atoms with Crippen LogP contribution in [-0.2, 0) is 18.4 Å². The van der Waals surface area contributed by atoms with Crippen molar-refractivity contribution in [1.82, 2.24) is 5.32 Å². The number of hydrogen-bond acceptors (Lipinski definition) is 5. The van der Waals surface area contributed by atoms with Crippen LogP contribution in [-0.4, -0.2) is 73.4 Å². The molecule has 0 aliphatic carbocycles. The second-order valence-corrected chi connectivity index (χ2v) is 16.5. The van der Waals surface area contributed by atoms with Gasteiger partial charge in [-0.15, -0.1) is 0 Å². The van der Waals surface area contributed by atoms with E-state index in [1.54, 1.807) is 6.08 Å². The first kappa shape index (κ1) is 47.2. The lowest BCUT2D eigenvalue weighted by Crippen LogP contribution is -2.45. The van der Waals surface area contributed by atoms with Gasteiger partial charge < -0.3 is 19.8 Å². The highest BCUT2D eigenvalue weighted by molar-refractivity contribution is 7.47. The molecule has 0 aliphatic rings. The molecular formula is C39H80N2O6P+. The molecule has 48 heavy (non-hydrogen) atoms. The summed E-state index contributed by atoms with van der Waals surface area (Å²) in [6, 6.07) is -0.836. The normalized spacial score (nSPS) is 14.7. The zero-order valence-electron chi connectivity index (χ0n) is 32.2. The molecule has 0 aromatic carbocycles. The standard InChI is InChI=1S/C39H79N2O6P/c1-6-8-10-11-12-13-14-15-16-17-18-19-20-21-22-23-24-25-26-27-28-29-31-33-39(43)40-37(38(42)32-30-9-7-2)36-47-48(44,45)46-35-34-41(3,4)5/h30,32,37-38,42H,6-29,31,33-36H2,1-5H3,(H-,40,43,44,45)/p+1/b32-30+. The van der Waals surface area contributed by atoms with Crippen LogP contribution >= 0.6 is 7.82 Å². The number of allylic oxidation sites excluding steroid dienone is 1. The number of phosphoric acid groups is 1. The van der Waals surface area contributed by atoms with Crippen LogP contribution in [0.5, 0.6) is 0 Å². The number of hydrogen-bond donors (Lipinski definition) is 3. The van der Waals surface area contributed by atoms with Crippen LogP contribution in [0.3, 0.4) is 0 Å². The molecule has 0 aromatic heterocycles. The molecule has 0 aromatic rings. The van der Waals surface area contributed by atoms with Crippen molar-refractivity contribution in [2.45, 2.75) is 193 Å². The van der Waals surface area contributed by atoms with Crippen molar-refractivity contribution in [1.29, 1.82) is 0 Å². The zero-order chi connectivity index (χ0) is 35.8. The molecule has 0 aliphatic heterocycles. The minimum absolute atomic E-state index is 0.0623. The van der Waals surface area contributed by atoms with E-state index in [1.165, 1.54) is 128 Å². The van der Waals surface area contributed by atoms with E-state index in [0.717, 1.165) is 32.1 Å². The number of amides is 1. The minimum Gasteiger partial charge on any atom is -0.387 e. The van der Waals surface area contributed by atoms with Crippen molar-refractivity contribution >= 4 is 13.7 Å². The van der Waals surface area contributed by atoms with Crippen LogP contribution in [0.2, 0.25) is 0 Å². The Morgan fingerprint density at radius 1 is 0.688 bits per heavy atom. The molecule has 0 bridgehead atoms. The van der Waals surface area contributed by atoms with E-state index in [-0.39, 0.29) is 19.1 Å². The smallest absolute Gasteiger partial charge is 0.387 e. The van der Waals surface area contributed by atoms with Gasteiger partial charge in [-0.25, -0.2) is 4.57 Å². The topological polar surface area (TPSA) is 105 Å². The fourth-order valence-electron chi connectivity index (χ4n) is 5.75. The fraction of sp³-hybridized carbons (Fsp3) is 0.923. The van der Waals surface area contributed by atoms with Gasteiger partial charge in [-0.3, -0.25) is 13.8 Å². The molecule has 8 nitrogen and oxygen atoms in total. The number of rotatable bonds is 36. The average molecular weight is 704 g/mol. The van der Waals surface area contributed by atoms with Crippen LogP contribution in [0.4, 0.5) is 0 Å². The molecule has 286 valence electrons. The Kier molecular flexibility index (Phi) is 31.7.